The molecular weight excluding hydrogens is 335 g/mol. The van der Waals surface area contributed by atoms with E-state index in [4.69, 9.17) is 16.1 Å². The van der Waals surface area contributed by atoms with Crippen LogP contribution in [0.5, 0.6) is 5.75 Å². The van der Waals surface area contributed by atoms with Crippen molar-refractivity contribution in [1.29, 1.82) is 0 Å². The highest BCUT2D eigenvalue weighted by atomic mass is 35.5. The molecule has 0 N–H and O–H groups in total. The molecule has 0 saturated heterocycles. The Labute approximate surface area is 121 Å². The summed E-state index contributed by atoms with van der Waals surface area (Å²) < 4.78 is 67.7. The van der Waals surface area contributed by atoms with Crippen molar-refractivity contribution in [3.8, 4) is 5.75 Å². The molecule has 1 heterocycles. The molecule has 1 fully saturated rings. The van der Waals surface area contributed by atoms with Gasteiger partial charge in [-0.2, -0.15) is 21.6 Å². The minimum Gasteiger partial charge on any atom is -0.376 e. The Kier molecular flexibility index (Phi) is 3.10. The van der Waals surface area contributed by atoms with E-state index in [0.717, 1.165) is 25.0 Å². The van der Waals surface area contributed by atoms with Crippen LogP contribution in [-0.4, -0.2) is 19.1 Å². The summed E-state index contributed by atoms with van der Waals surface area (Å²) in [6, 6.07) is 2.01. The first-order valence-electron chi connectivity index (χ1n) is 5.78. The topological polar surface area (TPSA) is 69.4 Å². The second kappa shape index (κ2) is 4.51. The lowest BCUT2D eigenvalue weighted by molar-refractivity contribution is -0.0500. The van der Waals surface area contributed by atoms with Crippen molar-refractivity contribution in [2.75, 3.05) is 0 Å². The molecule has 1 saturated carbocycles. The maximum atomic E-state index is 12.3. The van der Waals surface area contributed by atoms with Gasteiger partial charge >= 0.3 is 15.6 Å². The van der Waals surface area contributed by atoms with Crippen LogP contribution in [0.3, 0.4) is 0 Å². The van der Waals surface area contributed by atoms with E-state index < -0.39 is 21.4 Å². The quantitative estimate of drug-likeness (QED) is 0.630. The van der Waals surface area contributed by atoms with E-state index in [1.165, 1.54) is 0 Å². The summed E-state index contributed by atoms with van der Waals surface area (Å²) in [6.07, 6.45) is 1.86. The molecule has 1 aromatic heterocycles. The third-order valence-electron chi connectivity index (χ3n) is 2.98. The fourth-order valence-corrected chi connectivity index (χ4v) is 2.62. The largest absolute Gasteiger partial charge is 0.534 e. The van der Waals surface area contributed by atoms with Gasteiger partial charge in [-0.15, -0.1) is 0 Å². The molecule has 0 radical (unpaired) electrons. The third-order valence-corrected chi connectivity index (χ3v) is 4.26. The Hall–Kier alpha value is -1.48. The Morgan fingerprint density at radius 1 is 1.33 bits per heavy atom. The van der Waals surface area contributed by atoms with Crippen LogP contribution < -0.4 is 4.18 Å². The Balaban J connectivity index is 2.02. The first-order chi connectivity index (χ1) is 9.69. The van der Waals surface area contributed by atoms with Gasteiger partial charge in [-0.3, -0.25) is 0 Å². The third kappa shape index (κ3) is 2.55. The van der Waals surface area contributed by atoms with E-state index in [1.807, 2.05) is 0 Å². The molecule has 0 atom stereocenters. The van der Waals surface area contributed by atoms with E-state index in [1.54, 1.807) is 0 Å². The number of benzene rings is 1. The maximum Gasteiger partial charge on any atom is 0.534 e. The van der Waals surface area contributed by atoms with Gasteiger partial charge in [0.15, 0.2) is 5.58 Å². The number of aromatic nitrogens is 1. The monoisotopic (exact) mass is 341 g/mol. The van der Waals surface area contributed by atoms with Gasteiger partial charge in [0.2, 0.25) is 0 Å². The molecular formula is C11H7ClF3NO4S. The summed E-state index contributed by atoms with van der Waals surface area (Å²) in [6.45, 7) is 0. The summed E-state index contributed by atoms with van der Waals surface area (Å²) >= 11 is 5.97. The van der Waals surface area contributed by atoms with Crippen LogP contribution in [0.15, 0.2) is 16.7 Å². The van der Waals surface area contributed by atoms with Crippen LogP contribution in [0.1, 0.15) is 24.5 Å². The van der Waals surface area contributed by atoms with E-state index in [9.17, 15) is 21.6 Å². The molecule has 3 rings (SSSR count). The van der Waals surface area contributed by atoms with Crippen LogP contribution in [0.2, 0.25) is 5.02 Å². The average Bonchev–Trinajstić information content (AvgIpc) is 3.08. The van der Waals surface area contributed by atoms with Crippen LogP contribution in [0, 0.1) is 0 Å². The van der Waals surface area contributed by atoms with Gasteiger partial charge in [0.1, 0.15) is 5.75 Å². The lowest BCUT2D eigenvalue weighted by atomic mass is 10.1. The number of alkyl halides is 3. The predicted octanol–water partition coefficient (Wildman–Crippen LogP) is 3.59. The van der Waals surface area contributed by atoms with Crippen LogP contribution in [0.25, 0.3) is 11.0 Å². The average molecular weight is 342 g/mol. The first kappa shape index (κ1) is 14.5. The van der Waals surface area contributed by atoms with Crippen molar-refractivity contribution in [2.45, 2.75) is 24.3 Å². The van der Waals surface area contributed by atoms with Gasteiger partial charge in [0.05, 0.1) is 16.1 Å². The molecule has 10 heteroatoms. The standard InChI is InChI=1S/C11H7ClF3NO4S/c12-7-3-6(20-21(17,18)11(13,14)15)4-8-9(7)10(16-19-8)5-1-2-5/h3-5H,1-2H2. The molecule has 21 heavy (non-hydrogen) atoms. The summed E-state index contributed by atoms with van der Waals surface area (Å²) in [5, 5.41) is 4.32. The first-order valence-corrected chi connectivity index (χ1v) is 7.57. The second-order valence-electron chi connectivity index (χ2n) is 4.60. The van der Waals surface area contributed by atoms with E-state index in [0.29, 0.717) is 11.1 Å². The number of nitrogens with zero attached hydrogens (tertiary/aromatic N) is 1. The molecule has 0 aliphatic heterocycles. The van der Waals surface area contributed by atoms with Crippen molar-refractivity contribution in [2.24, 2.45) is 0 Å². The van der Waals surface area contributed by atoms with Gasteiger partial charge in [-0.05, 0) is 12.8 Å². The molecule has 0 spiro atoms. The van der Waals surface area contributed by atoms with Crippen molar-refractivity contribution >= 4 is 32.7 Å². The van der Waals surface area contributed by atoms with E-state index >= 15 is 0 Å². The van der Waals surface area contributed by atoms with Gasteiger partial charge < -0.3 is 8.71 Å². The molecule has 0 bridgehead atoms. The molecule has 1 aromatic carbocycles. The molecule has 1 aliphatic carbocycles. The summed E-state index contributed by atoms with van der Waals surface area (Å²) in [5.41, 5.74) is -4.81. The Morgan fingerprint density at radius 2 is 2.00 bits per heavy atom. The minimum absolute atomic E-state index is 0.0306. The van der Waals surface area contributed by atoms with Gasteiger partial charge in [0, 0.05) is 18.1 Å². The highest BCUT2D eigenvalue weighted by molar-refractivity contribution is 7.88. The highest BCUT2D eigenvalue weighted by Crippen LogP contribution is 2.45. The second-order valence-corrected chi connectivity index (χ2v) is 6.55. The van der Waals surface area contributed by atoms with Gasteiger partial charge in [-0.1, -0.05) is 16.8 Å². The zero-order valence-electron chi connectivity index (χ0n) is 10.1. The number of halogens is 4. The molecule has 114 valence electrons. The van der Waals surface area contributed by atoms with Crippen molar-refractivity contribution in [3.05, 3.63) is 22.8 Å². The van der Waals surface area contributed by atoms with Crippen molar-refractivity contribution in [3.63, 3.8) is 0 Å². The minimum atomic E-state index is -5.75. The summed E-state index contributed by atoms with van der Waals surface area (Å²) in [5.74, 6) is -0.363. The number of hydrogen-bond donors (Lipinski definition) is 0. The van der Waals surface area contributed by atoms with Crippen LogP contribution >= 0.6 is 11.6 Å². The summed E-state index contributed by atoms with van der Waals surface area (Å²) in [4.78, 5) is 0. The van der Waals surface area contributed by atoms with Crippen LogP contribution in [0.4, 0.5) is 13.2 Å². The fraction of sp³-hybridized carbons (Fsp3) is 0.364. The molecule has 5 nitrogen and oxygen atoms in total. The van der Waals surface area contributed by atoms with Gasteiger partial charge in [-0.25, -0.2) is 0 Å². The van der Waals surface area contributed by atoms with Crippen LogP contribution in [-0.2, 0) is 10.1 Å². The number of fused-ring (bicyclic) bond motifs is 1. The Bertz CT molecular complexity index is 811. The van der Waals surface area contributed by atoms with Gasteiger partial charge in [0.25, 0.3) is 0 Å². The lowest BCUT2D eigenvalue weighted by Crippen LogP contribution is -2.28. The molecule has 2 aromatic rings. The van der Waals surface area contributed by atoms with Crippen molar-refractivity contribution in [1.82, 2.24) is 5.16 Å². The molecule has 0 unspecified atom stereocenters. The molecule has 1 aliphatic rings. The normalized spacial score (nSPS) is 16.4. The summed E-state index contributed by atoms with van der Waals surface area (Å²) in [7, 11) is -5.75. The molecule has 0 amide bonds. The smallest absolute Gasteiger partial charge is 0.376 e. The highest BCUT2D eigenvalue weighted by Gasteiger charge is 2.48. The lowest BCUT2D eigenvalue weighted by Gasteiger charge is -2.09. The zero-order valence-corrected chi connectivity index (χ0v) is 11.7. The van der Waals surface area contributed by atoms with E-state index in [-0.39, 0.29) is 16.5 Å². The number of hydrogen-bond acceptors (Lipinski definition) is 5. The Morgan fingerprint density at radius 3 is 2.57 bits per heavy atom. The van der Waals surface area contributed by atoms with E-state index in [2.05, 4.69) is 9.34 Å². The zero-order chi connectivity index (χ0) is 15.4. The number of rotatable bonds is 3. The fourth-order valence-electron chi connectivity index (χ4n) is 1.88. The predicted molar refractivity (Wildman–Crippen MR) is 66.6 cm³/mol. The maximum absolute atomic E-state index is 12.3. The van der Waals surface area contributed by atoms with Crippen molar-refractivity contribution < 1.29 is 30.3 Å². The SMILES string of the molecule is O=S(=O)(Oc1cc(Cl)c2c(C3CC3)noc2c1)C(F)(F)F.